The number of fused-ring (bicyclic) bond motifs is 1. The molecule has 0 atom stereocenters. The number of hydrogen-bond donors (Lipinski definition) is 1. The van der Waals surface area contributed by atoms with E-state index in [9.17, 15) is 9.18 Å². The Hall–Kier alpha value is -3.00. The third kappa shape index (κ3) is 3.44. The molecule has 6 nitrogen and oxygen atoms in total. The van der Waals surface area contributed by atoms with Crippen molar-refractivity contribution < 1.29 is 9.18 Å². The Bertz CT molecular complexity index is 1110. The second kappa shape index (κ2) is 7.44. The first-order valence-electron chi connectivity index (χ1n) is 9.33. The van der Waals surface area contributed by atoms with Crippen LogP contribution in [0.15, 0.2) is 46.0 Å². The molecule has 2 aliphatic heterocycles. The average molecular weight is 409 g/mol. The van der Waals surface area contributed by atoms with E-state index in [1.165, 1.54) is 28.9 Å². The molecule has 1 aromatic carbocycles. The van der Waals surface area contributed by atoms with Crippen LogP contribution >= 0.6 is 11.8 Å². The third-order valence-electron chi connectivity index (χ3n) is 4.82. The summed E-state index contributed by atoms with van der Waals surface area (Å²) in [6.45, 7) is 5.93. The van der Waals surface area contributed by atoms with Gasteiger partial charge in [-0.05, 0) is 80.4 Å². The number of nitrogens with zero attached hydrogens (tertiary/aromatic N) is 4. The molecule has 1 aromatic heterocycles. The molecule has 1 amide bonds. The molecule has 0 unspecified atom stereocenters. The Morgan fingerprint density at radius 3 is 2.66 bits per heavy atom. The zero-order valence-corrected chi connectivity index (χ0v) is 17.2. The van der Waals surface area contributed by atoms with Crippen molar-refractivity contribution in [1.29, 1.82) is 5.41 Å². The van der Waals surface area contributed by atoms with E-state index in [0.29, 0.717) is 5.17 Å². The average Bonchev–Trinajstić information content (AvgIpc) is 3.20. The zero-order chi connectivity index (χ0) is 20.7. The van der Waals surface area contributed by atoms with E-state index >= 15 is 0 Å². The van der Waals surface area contributed by atoms with Crippen LogP contribution in [0.5, 0.6) is 0 Å². The maximum atomic E-state index is 13.3. The van der Waals surface area contributed by atoms with Gasteiger partial charge < -0.3 is 4.57 Å². The van der Waals surface area contributed by atoms with E-state index in [1.54, 1.807) is 18.2 Å². The lowest BCUT2D eigenvalue weighted by Crippen LogP contribution is -2.35. The fraction of sp³-hybridized carbons (Fsp3) is 0.238. The number of amides is 1. The number of thioether (sulfide) groups is 1. The van der Waals surface area contributed by atoms with E-state index in [1.807, 2.05) is 24.5 Å². The summed E-state index contributed by atoms with van der Waals surface area (Å²) in [7, 11) is 0. The number of amidine groups is 2. The molecule has 4 rings (SSSR count). The van der Waals surface area contributed by atoms with Crippen molar-refractivity contribution >= 4 is 39.8 Å². The lowest BCUT2D eigenvalue weighted by Gasteiger charge is -2.20. The number of rotatable bonds is 4. The summed E-state index contributed by atoms with van der Waals surface area (Å²) in [5, 5.41) is 15.6. The van der Waals surface area contributed by atoms with Crippen LogP contribution in [0.25, 0.3) is 11.8 Å². The van der Waals surface area contributed by atoms with E-state index in [4.69, 9.17) is 5.41 Å². The number of aromatic nitrogens is 1. The van der Waals surface area contributed by atoms with Gasteiger partial charge >= 0.3 is 0 Å². The first-order valence-corrected chi connectivity index (χ1v) is 10.1. The highest BCUT2D eigenvalue weighted by molar-refractivity contribution is 8.26. The minimum Gasteiger partial charge on any atom is -0.318 e. The largest absolute Gasteiger partial charge is 0.318 e. The van der Waals surface area contributed by atoms with Crippen molar-refractivity contribution in [3.8, 4) is 5.69 Å². The van der Waals surface area contributed by atoms with Crippen LogP contribution in [0, 0.1) is 25.1 Å². The first kappa shape index (κ1) is 19.3. The fourth-order valence-corrected chi connectivity index (χ4v) is 4.41. The molecule has 0 aliphatic carbocycles. The summed E-state index contributed by atoms with van der Waals surface area (Å²) in [6.07, 6.45) is 3.41. The van der Waals surface area contributed by atoms with Crippen LogP contribution < -0.4 is 0 Å². The van der Waals surface area contributed by atoms with Gasteiger partial charge in [-0.3, -0.25) is 10.2 Å². The van der Waals surface area contributed by atoms with Gasteiger partial charge in [0.05, 0.1) is 5.57 Å². The summed E-state index contributed by atoms with van der Waals surface area (Å²) in [6, 6.07) is 8.19. The molecule has 0 saturated carbocycles. The van der Waals surface area contributed by atoms with Gasteiger partial charge in [-0.2, -0.15) is 15.1 Å². The molecule has 148 valence electrons. The topological polar surface area (TPSA) is 73.8 Å². The van der Waals surface area contributed by atoms with Gasteiger partial charge in [-0.1, -0.05) is 6.92 Å². The van der Waals surface area contributed by atoms with Crippen LogP contribution in [-0.4, -0.2) is 31.5 Å². The van der Waals surface area contributed by atoms with Crippen molar-refractivity contribution in [3.05, 3.63) is 58.7 Å². The van der Waals surface area contributed by atoms with Crippen molar-refractivity contribution in [2.45, 2.75) is 33.6 Å². The van der Waals surface area contributed by atoms with E-state index < -0.39 is 5.91 Å². The van der Waals surface area contributed by atoms with Gasteiger partial charge in [0.2, 0.25) is 5.17 Å². The number of halogens is 1. The van der Waals surface area contributed by atoms with E-state index in [-0.39, 0.29) is 17.2 Å². The normalized spacial score (nSPS) is 17.7. The molecule has 0 spiro atoms. The summed E-state index contributed by atoms with van der Waals surface area (Å²) >= 11 is 1.35. The van der Waals surface area contributed by atoms with Crippen LogP contribution in [0.2, 0.25) is 0 Å². The van der Waals surface area contributed by atoms with Crippen LogP contribution in [0.1, 0.15) is 36.7 Å². The molecule has 0 saturated heterocycles. The predicted octanol–water partition coefficient (Wildman–Crippen LogP) is 4.65. The smallest absolute Gasteiger partial charge is 0.283 e. The number of carbonyl (C=O) groups is 1. The Kier molecular flexibility index (Phi) is 4.96. The number of benzene rings is 1. The fourth-order valence-electron chi connectivity index (χ4n) is 3.42. The van der Waals surface area contributed by atoms with Gasteiger partial charge in [-0.15, -0.1) is 0 Å². The lowest BCUT2D eigenvalue weighted by atomic mass is 10.1. The number of hydrogen-bond acceptors (Lipinski definition) is 4. The second-order valence-electron chi connectivity index (χ2n) is 6.90. The Labute approximate surface area is 172 Å². The number of hydrazone groups is 1. The first-order chi connectivity index (χ1) is 13.9. The molecule has 8 heteroatoms. The van der Waals surface area contributed by atoms with Gasteiger partial charge in [0.15, 0.2) is 5.84 Å². The van der Waals surface area contributed by atoms with E-state index in [0.717, 1.165) is 40.5 Å². The lowest BCUT2D eigenvalue weighted by molar-refractivity contribution is -0.114. The van der Waals surface area contributed by atoms with Gasteiger partial charge in [0, 0.05) is 17.1 Å². The maximum Gasteiger partial charge on any atom is 0.283 e. The van der Waals surface area contributed by atoms with Gasteiger partial charge in [-0.25, -0.2) is 4.39 Å². The number of carbonyl (C=O) groups excluding carboxylic acids is 1. The number of aryl methyl sites for hydroxylation is 1. The molecule has 1 N–H and O–H groups in total. The third-order valence-corrected chi connectivity index (χ3v) is 5.78. The van der Waals surface area contributed by atoms with Crippen molar-refractivity contribution in [1.82, 2.24) is 9.58 Å². The van der Waals surface area contributed by atoms with Crippen LogP contribution in [0.3, 0.4) is 0 Å². The molecule has 2 aliphatic rings. The van der Waals surface area contributed by atoms with Crippen LogP contribution in [-0.2, 0) is 4.79 Å². The summed E-state index contributed by atoms with van der Waals surface area (Å²) in [4.78, 5) is 16.7. The predicted molar refractivity (Wildman–Crippen MR) is 115 cm³/mol. The molecule has 2 aromatic rings. The molecular formula is C21H20FN5OS. The SMILES string of the molecule is CCCC1=NN2C(=N)C(=Cc3cc(C)n(-c4ccc(F)cc4)c3C)C(=O)N=C2S1. The molecule has 0 bridgehead atoms. The number of aliphatic imine (C=N–C) groups is 1. The minimum atomic E-state index is -0.437. The Morgan fingerprint density at radius 1 is 1.24 bits per heavy atom. The second-order valence-corrected chi connectivity index (χ2v) is 7.94. The van der Waals surface area contributed by atoms with E-state index in [2.05, 4.69) is 17.0 Å². The minimum absolute atomic E-state index is 0.0326. The highest BCUT2D eigenvalue weighted by atomic mass is 32.2. The van der Waals surface area contributed by atoms with Crippen molar-refractivity contribution in [3.63, 3.8) is 0 Å². The van der Waals surface area contributed by atoms with Crippen molar-refractivity contribution in [2.24, 2.45) is 10.1 Å². The summed E-state index contributed by atoms with van der Waals surface area (Å²) in [5.74, 6) is -0.696. The zero-order valence-electron chi connectivity index (χ0n) is 16.4. The molecule has 0 radical (unpaired) electrons. The summed E-state index contributed by atoms with van der Waals surface area (Å²) < 4.78 is 15.3. The monoisotopic (exact) mass is 409 g/mol. The summed E-state index contributed by atoms with van der Waals surface area (Å²) in [5.41, 5.74) is 3.68. The number of nitrogens with one attached hydrogen (secondary N) is 1. The maximum absolute atomic E-state index is 13.3. The highest BCUT2D eigenvalue weighted by Crippen LogP contribution is 2.31. The van der Waals surface area contributed by atoms with Crippen LogP contribution in [0.4, 0.5) is 4.39 Å². The van der Waals surface area contributed by atoms with Gasteiger partial charge in [0.25, 0.3) is 5.91 Å². The molecule has 0 fully saturated rings. The Balaban J connectivity index is 1.72. The molecule has 29 heavy (non-hydrogen) atoms. The molecular weight excluding hydrogens is 389 g/mol. The Morgan fingerprint density at radius 2 is 1.97 bits per heavy atom. The highest BCUT2D eigenvalue weighted by Gasteiger charge is 2.35. The van der Waals surface area contributed by atoms with Crippen molar-refractivity contribution in [2.75, 3.05) is 0 Å². The van der Waals surface area contributed by atoms with Gasteiger partial charge in [0.1, 0.15) is 10.9 Å². The molecule has 3 heterocycles. The standard InChI is InChI=1S/C21H20FN5OS/c1-4-5-18-25-27-19(23)17(20(28)24-21(27)29-18)11-14-10-12(2)26(13(14)3)16-8-6-15(22)7-9-16/h6-11,23H,4-5H2,1-3H3. The quantitative estimate of drug-likeness (QED) is 0.747.